The lowest BCUT2D eigenvalue weighted by Crippen LogP contribution is -1.96. The van der Waals surface area contributed by atoms with Crippen molar-refractivity contribution in [3.05, 3.63) is 36.2 Å². The molecule has 4 heteroatoms. The molecule has 0 aliphatic rings. The number of pyridine rings is 1. The summed E-state index contributed by atoms with van der Waals surface area (Å²) in [6.45, 7) is 1.91. The van der Waals surface area contributed by atoms with E-state index in [1.807, 2.05) is 13.0 Å². The van der Waals surface area contributed by atoms with Crippen molar-refractivity contribution >= 4 is 20.6 Å². The Bertz CT molecular complexity index is 618. The molecule has 0 saturated carbocycles. The molecule has 3 nitrogen and oxygen atoms in total. The van der Waals surface area contributed by atoms with Crippen LogP contribution in [0, 0.1) is 6.92 Å². The van der Waals surface area contributed by atoms with Gasteiger partial charge in [0.2, 0.25) is 0 Å². The average Bonchev–Trinajstić information content (AvgIpc) is 2.16. The number of hydrogen-bond acceptors (Lipinski definition) is 3. The van der Waals surface area contributed by atoms with E-state index in [1.165, 1.54) is 6.26 Å². The van der Waals surface area contributed by atoms with Crippen LogP contribution in [0.5, 0.6) is 0 Å². The minimum Gasteiger partial charge on any atom is -0.261 e. The quantitative estimate of drug-likeness (QED) is 0.739. The molecule has 0 saturated heterocycles. The van der Waals surface area contributed by atoms with Crippen LogP contribution in [0.3, 0.4) is 0 Å². The van der Waals surface area contributed by atoms with Crippen LogP contribution < -0.4 is 0 Å². The Morgan fingerprint density at radius 2 is 1.93 bits per heavy atom. The summed E-state index contributed by atoms with van der Waals surface area (Å²) in [5, 5.41) is 1.90. The van der Waals surface area contributed by atoms with Crippen LogP contribution in [0.1, 0.15) is 5.69 Å². The molecule has 0 amide bonds. The van der Waals surface area contributed by atoms with Crippen molar-refractivity contribution in [1.82, 2.24) is 4.98 Å². The second-order valence-corrected chi connectivity index (χ2v) is 5.57. The Morgan fingerprint density at radius 3 is 2.60 bits per heavy atom. The predicted molar refractivity (Wildman–Crippen MR) is 59.6 cm³/mol. The number of nitrogens with zero attached hydrogens (tertiary/aromatic N) is 1. The minimum atomic E-state index is -3.13. The normalized spacial score (nSPS) is 11.9. The van der Waals surface area contributed by atoms with Gasteiger partial charge in [0.1, 0.15) is 0 Å². The molecule has 2 rings (SSSR count). The van der Waals surface area contributed by atoms with E-state index in [2.05, 4.69) is 4.98 Å². The Balaban J connectivity index is 2.79. The average molecular weight is 221 g/mol. The van der Waals surface area contributed by atoms with Crippen LogP contribution in [-0.2, 0) is 9.84 Å². The van der Waals surface area contributed by atoms with Gasteiger partial charge in [0.15, 0.2) is 9.84 Å². The van der Waals surface area contributed by atoms with E-state index in [0.29, 0.717) is 4.90 Å². The number of fused-ring (bicyclic) bond motifs is 1. The number of hydrogen-bond donors (Lipinski definition) is 0. The SMILES string of the molecule is Cc1nccc2cc(S(C)(=O)=O)ccc12. The molecule has 2 aromatic rings. The molecule has 0 bridgehead atoms. The highest BCUT2D eigenvalue weighted by Gasteiger charge is 2.07. The second kappa shape index (κ2) is 3.31. The first-order chi connectivity index (χ1) is 6.98. The van der Waals surface area contributed by atoms with Gasteiger partial charge in [-0.25, -0.2) is 8.42 Å². The maximum absolute atomic E-state index is 11.3. The summed E-state index contributed by atoms with van der Waals surface area (Å²) >= 11 is 0. The van der Waals surface area contributed by atoms with Gasteiger partial charge >= 0.3 is 0 Å². The van der Waals surface area contributed by atoms with E-state index in [-0.39, 0.29) is 0 Å². The third-order valence-corrected chi connectivity index (χ3v) is 3.47. The molecule has 0 atom stereocenters. The molecule has 0 spiro atoms. The van der Waals surface area contributed by atoms with Crippen molar-refractivity contribution < 1.29 is 8.42 Å². The minimum absolute atomic E-state index is 0.348. The van der Waals surface area contributed by atoms with Gasteiger partial charge in [-0.1, -0.05) is 6.07 Å². The van der Waals surface area contributed by atoms with E-state index >= 15 is 0 Å². The fraction of sp³-hybridized carbons (Fsp3) is 0.182. The zero-order chi connectivity index (χ0) is 11.1. The number of benzene rings is 1. The van der Waals surface area contributed by atoms with Gasteiger partial charge in [0.05, 0.1) is 4.90 Å². The molecule has 0 unspecified atom stereocenters. The van der Waals surface area contributed by atoms with Gasteiger partial charge in [-0.2, -0.15) is 0 Å². The zero-order valence-electron chi connectivity index (χ0n) is 8.56. The third-order valence-electron chi connectivity index (χ3n) is 2.36. The number of rotatable bonds is 1. The Labute approximate surface area is 88.7 Å². The smallest absolute Gasteiger partial charge is 0.175 e. The molecule has 0 aliphatic carbocycles. The zero-order valence-corrected chi connectivity index (χ0v) is 9.38. The standard InChI is InChI=1S/C11H11NO2S/c1-8-11-4-3-10(15(2,13)14)7-9(11)5-6-12-8/h3-7H,1-2H3. The first kappa shape index (κ1) is 10.1. The van der Waals surface area contributed by atoms with Crippen molar-refractivity contribution in [3.8, 4) is 0 Å². The largest absolute Gasteiger partial charge is 0.261 e. The van der Waals surface area contributed by atoms with E-state index in [4.69, 9.17) is 0 Å². The van der Waals surface area contributed by atoms with E-state index in [9.17, 15) is 8.42 Å². The molecule has 0 aliphatic heterocycles. The Morgan fingerprint density at radius 1 is 1.20 bits per heavy atom. The molecule has 0 N–H and O–H groups in total. The molecule has 0 radical (unpaired) electrons. The van der Waals surface area contributed by atoms with Crippen LogP contribution in [0.15, 0.2) is 35.4 Å². The highest BCUT2D eigenvalue weighted by Crippen LogP contribution is 2.20. The summed E-state index contributed by atoms with van der Waals surface area (Å²) in [6.07, 6.45) is 2.89. The van der Waals surface area contributed by atoms with Gasteiger partial charge < -0.3 is 0 Å². The van der Waals surface area contributed by atoms with E-state index < -0.39 is 9.84 Å². The summed E-state index contributed by atoms with van der Waals surface area (Å²) in [7, 11) is -3.13. The van der Waals surface area contributed by atoms with Crippen molar-refractivity contribution in [2.45, 2.75) is 11.8 Å². The maximum atomic E-state index is 11.3. The molecule has 1 aromatic heterocycles. The lowest BCUT2D eigenvalue weighted by Gasteiger charge is -2.03. The summed E-state index contributed by atoms with van der Waals surface area (Å²) in [5.74, 6) is 0. The lowest BCUT2D eigenvalue weighted by atomic mass is 10.1. The predicted octanol–water partition coefficient (Wildman–Crippen LogP) is 1.95. The Hall–Kier alpha value is -1.42. The fourth-order valence-corrected chi connectivity index (χ4v) is 2.19. The molecular formula is C11H11NO2S. The van der Waals surface area contributed by atoms with Gasteiger partial charge in [-0.3, -0.25) is 4.98 Å². The lowest BCUT2D eigenvalue weighted by molar-refractivity contribution is 0.602. The summed E-state index contributed by atoms with van der Waals surface area (Å²) in [4.78, 5) is 4.50. The first-order valence-electron chi connectivity index (χ1n) is 4.54. The molecule has 0 fully saturated rings. The summed E-state index contributed by atoms with van der Waals surface area (Å²) < 4.78 is 22.7. The Kier molecular flexibility index (Phi) is 2.23. The second-order valence-electron chi connectivity index (χ2n) is 3.55. The van der Waals surface area contributed by atoms with Crippen LogP contribution in [-0.4, -0.2) is 19.7 Å². The number of aromatic nitrogens is 1. The van der Waals surface area contributed by atoms with Crippen LogP contribution in [0.25, 0.3) is 10.8 Å². The van der Waals surface area contributed by atoms with Crippen LogP contribution in [0.4, 0.5) is 0 Å². The fourth-order valence-electron chi connectivity index (χ4n) is 1.54. The monoisotopic (exact) mass is 221 g/mol. The number of sulfone groups is 1. The highest BCUT2D eigenvalue weighted by atomic mass is 32.2. The molecule has 1 heterocycles. The molecule has 1 aromatic carbocycles. The van der Waals surface area contributed by atoms with Crippen molar-refractivity contribution in [2.75, 3.05) is 6.26 Å². The maximum Gasteiger partial charge on any atom is 0.175 e. The van der Waals surface area contributed by atoms with Gasteiger partial charge in [-0.15, -0.1) is 0 Å². The van der Waals surface area contributed by atoms with Gasteiger partial charge in [0.25, 0.3) is 0 Å². The molecule has 78 valence electrons. The van der Waals surface area contributed by atoms with E-state index in [0.717, 1.165) is 16.5 Å². The molecule has 15 heavy (non-hydrogen) atoms. The summed E-state index contributed by atoms with van der Waals surface area (Å²) in [5.41, 5.74) is 0.910. The van der Waals surface area contributed by atoms with Gasteiger partial charge in [-0.05, 0) is 30.5 Å². The molecular weight excluding hydrogens is 210 g/mol. The van der Waals surface area contributed by atoms with Crippen molar-refractivity contribution in [2.24, 2.45) is 0 Å². The third kappa shape index (κ3) is 1.85. The summed E-state index contributed by atoms with van der Waals surface area (Å²) in [6, 6.07) is 6.91. The van der Waals surface area contributed by atoms with Crippen molar-refractivity contribution in [1.29, 1.82) is 0 Å². The first-order valence-corrected chi connectivity index (χ1v) is 6.43. The van der Waals surface area contributed by atoms with E-state index in [1.54, 1.807) is 24.4 Å². The topological polar surface area (TPSA) is 47.0 Å². The van der Waals surface area contributed by atoms with Crippen molar-refractivity contribution in [3.63, 3.8) is 0 Å². The highest BCUT2D eigenvalue weighted by molar-refractivity contribution is 7.90. The number of aryl methyl sites for hydroxylation is 1. The van der Waals surface area contributed by atoms with Gasteiger partial charge in [0, 0.05) is 23.5 Å². The van der Waals surface area contributed by atoms with Crippen LogP contribution >= 0.6 is 0 Å². The van der Waals surface area contributed by atoms with Crippen LogP contribution in [0.2, 0.25) is 0 Å².